The Hall–Kier alpha value is -2.37. The maximum Gasteiger partial charge on any atom is 0.267 e. The summed E-state index contributed by atoms with van der Waals surface area (Å²) in [4.78, 5) is 11.3. The number of primary amides is 1. The number of nitrogens with zero attached hydrogens (tertiary/aromatic N) is 1. The zero-order valence-corrected chi connectivity index (χ0v) is 9.37. The van der Waals surface area contributed by atoms with E-state index in [0.717, 1.165) is 0 Å². The number of aromatic amines is 1. The van der Waals surface area contributed by atoms with Crippen LogP contribution >= 0.6 is 0 Å². The molecule has 0 fully saturated rings. The zero-order valence-electron chi connectivity index (χ0n) is 9.37. The number of para-hydroxylation sites is 1. The van der Waals surface area contributed by atoms with Gasteiger partial charge in [-0.05, 0) is 12.1 Å². The lowest BCUT2D eigenvalue weighted by Gasteiger charge is -2.06. The summed E-state index contributed by atoms with van der Waals surface area (Å²) >= 11 is 0. The van der Waals surface area contributed by atoms with Gasteiger partial charge in [0, 0.05) is 17.5 Å². The van der Waals surface area contributed by atoms with Gasteiger partial charge in [0.25, 0.3) is 5.91 Å². The topological polar surface area (TPSA) is 81.0 Å². The van der Waals surface area contributed by atoms with Crippen LogP contribution in [0.15, 0.2) is 18.2 Å². The first kappa shape index (κ1) is 10.8. The Morgan fingerprint density at radius 1 is 1.50 bits per heavy atom. The van der Waals surface area contributed by atoms with Crippen LogP contribution in [0, 0.1) is 5.82 Å². The van der Waals surface area contributed by atoms with Crippen LogP contribution in [-0.4, -0.2) is 22.7 Å². The summed E-state index contributed by atoms with van der Waals surface area (Å²) in [7, 11) is 0. The Bertz CT molecular complexity index is 636. The summed E-state index contributed by atoms with van der Waals surface area (Å²) in [6.45, 7) is 0.279. The zero-order chi connectivity index (χ0) is 12.7. The number of carbonyl (C=O) groups excluding carboxylic acids is 1. The summed E-state index contributed by atoms with van der Waals surface area (Å²) in [6.07, 6.45) is 0.457. The SMILES string of the molecule is NC(=O)c1[nH]nc2c1CCOc1c(F)cccc1-2. The van der Waals surface area contributed by atoms with Crippen LogP contribution in [0.4, 0.5) is 4.39 Å². The highest BCUT2D eigenvalue weighted by atomic mass is 19.1. The molecule has 5 nitrogen and oxygen atoms in total. The Morgan fingerprint density at radius 3 is 3.11 bits per heavy atom. The smallest absolute Gasteiger partial charge is 0.267 e. The minimum Gasteiger partial charge on any atom is -0.489 e. The highest BCUT2D eigenvalue weighted by molar-refractivity contribution is 5.94. The van der Waals surface area contributed by atoms with Crippen molar-refractivity contribution in [3.8, 4) is 17.0 Å². The summed E-state index contributed by atoms with van der Waals surface area (Å²) in [6, 6.07) is 4.60. The Labute approximate surface area is 102 Å². The standard InChI is InChI=1S/C12H10FN3O2/c13-8-3-1-2-7-9-6(4-5-18-11(7)8)10(12(14)17)16-15-9/h1-3H,4-5H2,(H2,14,17)(H,15,16). The van der Waals surface area contributed by atoms with Gasteiger partial charge in [-0.2, -0.15) is 5.10 Å². The number of hydrogen-bond acceptors (Lipinski definition) is 3. The second-order valence-corrected chi connectivity index (χ2v) is 4.00. The van der Waals surface area contributed by atoms with Crippen molar-refractivity contribution >= 4 is 5.91 Å². The molecular weight excluding hydrogens is 237 g/mol. The molecule has 0 saturated carbocycles. The maximum atomic E-state index is 13.7. The lowest BCUT2D eigenvalue weighted by Crippen LogP contribution is -2.14. The average molecular weight is 247 g/mol. The Kier molecular flexibility index (Phi) is 2.29. The van der Waals surface area contributed by atoms with Crippen LogP contribution in [-0.2, 0) is 6.42 Å². The molecule has 2 heterocycles. The lowest BCUT2D eigenvalue weighted by molar-refractivity contribution is 0.0994. The number of nitrogens with two attached hydrogens (primary N) is 1. The molecule has 3 rings (SSSR count). The fourth-order valence-corrected chi connectivity index (χ4v) is 2.13. The third kappa shape index (κ3) is 1.46. The van der Waals surface area contributed by atoms with Crippen LogP contribution < -0.4 is 10.5 Å². The van der Waals surface area contributed by atoms with Crippen molar-refractivity contribution in [3.63, 3.8) is 0 Å². The summed E-state index contributed by atoms with van der Waals surface area (Å²) in [5, 5.41) is 6.65. The summed E-state index contributed by atoms with van der Waals surface area (Å²) in [5.41, 5.74) is 7.24. The van der Waals surface area contributed by atoms with Crippen molar-refractivity contribution in [3.05, 3.63) is 35.3 Å². The predicted molar refractivity (Wildman–Crippen MR) is 61.7 cm³/mol. The fraction of sp³-hybridized carbons (Fsp3) is 0.167. The highest BCUT2D eigenvalue weighted by Gasteiger charge is 2.25. The Morgan fingerprint density at radius 2 is 2.33 bits per heavy atom. The third-order valence-corrected chi connectivity index (χ3v) is 2.93. The van der Waals surface area contributed by atoms with Gasteiger partial charge in [-0.15, -0.1) is 0 Å². The first-order valence-corrected chi connectivity index (χ1v) is 5.47. The number of ether oxygens (including phenoxy) is 1. The largest absolute Gasteiger partial charge is 0.489 e. The van der Waals surface area contributed by atoms with Crippen molar-refractivity contribution in [1.29, 1.82) is 0 Å². The minimum atomic E-state index is -0.580. The van der Waals surface area contributed by atoms with Crippen LogP contribution in [0.5, 0.6) is 5.75 Å². The molecular formula is C12H10FN3O2. The fourth-order valence-electron chi connectivity index (χ4n) is 2.13. The molecule has 0 atom stereocenters. The third-order valence-electron chi connectivity index (χ3n) is 2.93. The molecule has 2 aromatic rings. The number of halogens is 1. The first-order chi connectivity index (χ1) is 8.68. The summed E-state index contributed by atoms with van der Waals surface area (Å²) < 4.78 is 19.0. The number of rotatable bonds is 1. The first-order valence-electron chi connectivity index (χ1n) is 5.47. The lowest BCUT2D eigenvalue weighted by atomic mass is 10.0. The van der Waals surface area contributed by atoms with Gasteiger partial charge in [-0.1, -0.05) is 6.07 Å². The number of benzene rings is 1. The van der Waals surface area contributed by atoms with Gasteiger partial charge in [-0.25, -0.2) is 4.39 Å². The van der Waals surface area contributed by atoms with Crippen LogP contribution in [0.2, 0.25) is 0 Å². The molecule has 18 heavy (non-hydrogen) atoms. The van der Waals surface area contributed by atoms with E-state index in [-0.39, 0.29) is 18.1 Å². The molecule has 0 spiro atoms. The molecule has 1 aromatic carbocycles. The summed E-state index contributed by atoms with van der Waals surface area (Å²) in [5.74, 6) is -0.855. The van der Waals surface area contributed by atoms with Crippen molar-refractivity contribution in [2.45, 2.75) is 6.42 Å². The second kappa shape index (κ2) is 3.83. The molecule has 1 aliphatic rings. The minimum absolute atomic E-state index is 0.166. The molecule has 1 amide bonds. The number of hydrogen-bond donors (Lipinski definition) is 2. The molecule has 1 aliphatic heterocycles. The van der Waals surface area contributed by atoms with Crippen molar-refractivity contribution < 1.29 is 13.9 Å². The second-order valence-electron chi connectivity index (χ2n) is 4.00. The van der Waals surface area contributed by atoms with Gasteiger partial charge in [0.05, 0.1) is 6.61 Å². The van der Waals surface area contributed by atoms with E-state index in [4.69, 9.17) is 10.5 Å². The maximum absolute atomic E-state index is 13.7. The predicted octanol–water partition coefficient (Wildman–Crippen LogP) is 1.25. The van der Waals surface area contributed by atoms with Crippen LogP contribution in [0.1, 0.15) is 16.1 Å². The quantitative estimate of drug-likeness (QED) is 0.795. The van der Waals surface area contributed by atoms with Crippen molar-refractivity contribution in [2.75, 3.05) is 6.61 Å². The van der Waals surface area contributed by atoms with E-state index in [1.807, 2.05) is 0 Å². The number of fused-ring (bicyclic) bond motifs is 3. The highest BCUT2D eigenvalue weighted by Crippen LogP contribution is 2.36. The van der Waals surface area contributed by atoms with Gasteiger partial charge in [0.1, 0.15) is 11.4 Å². The van der Waals surface area contributed by atoms with E-state index in [1.165, 1.54) is 6.07 Å². The van der Waals surface area contributed by atoms with Gasteiger partial charge >= 0.3 is 0 Å². The molecule has 6 heteroatoms. The van der Waals surface area contributed by atoms with E-state index in [0.29, 0.717) is 23.2 Å². The molecule has 0 unspecified atom stereocenters. The molecule has 0 saturated heterocycles. The van der Waals surface area contributed by atoms with E-state index in [2.05, 4.69) is 10.2 Å². The number of carbonyl (C=O) groups is 1. The number of aromatic nitrogens is 2. The van der Waals surface area contributed by atoms with Crippen molar-refractivity contribution in [2.24, 2.45) is 5.73 Å². The van der Waals surface area contributed by atoms with E-state index < -0.39 is 11.7 Å². The molecule has 1 aromatic heterocycles. The molecule has 92 valence electrons. The molecule has 0 aliphatic carbocycles. The normalized spacial score (nSPS) is 13.2. The van der Waals surface area contributed by atoms with Crippen LogP contribution in [0.3, 0.4) is 0 Å². The number of H-pyrrole nitrogens is 1. The number of nitrogens with one attached hydrogen (secondary N) is 1. The monoisotopic (exact) mass is 247 g/mol. The Balaban J connectivity index is 2.26. The van der Waals surface area contributed by atoms with Gasteiger partial charge in [-0.3, -0.25) is 9.89 Å². The van der Waals surface area contributed by atoms with Crippen LogP contribution in [0.25, 0.3) is 11.3 Å². The van der Waals surface area contributed by atoms with Gasteiger partial charge in [0.2, 0.25) is 0 Å². The number of amides is 1. The van der Waals surface area contributed by atoms with E-state index in [9.17, 15) is 9.18 Å². The molecule has 3 N–H and O–H groups in total. The van der Waals surface area contributed by atoms with Gasteiger partial charge < -0.3 is 10.5 Å². The van der Waals surface area contributed by atoms with Crippen molar-refractivity contribution in [1.82, 2.24) is 10.2 Å². The van der Waals surface area contributed by atoms with E-state index in [1.54, 1.807) is 12.1 Å². The van der Waals surface area contributed by atoms with E-state index >= 15 is 0 Å². The molecule has 0 radical (unpaired) electrons. The average Bonchev–Trinajstić information content (AvgIpc) is 2.67. The molecule has 0 bridgehead atoms. The van der Waals surface area contributed by atoms with Gasteiger partial charge in [0.15, 0.2) is 11.6 Å².